The Morgan fingerprint density at radius 3 is 2.34 bits per heavy atom. The molecule has 1 atom stereocenters. The van der Waals surface area contributed by atoms with Gasteiger partial charge in [-0.3, -0.25) is 0 Å². The number of benzene rings is 3. The van der Waals surface area contributed by atoms with E-state index in [9.17, 15) is 0 Å². The van der Waals surface area contributed by atoms with Crippen LogP contribution in [0.4, 0.5) is 5.69 Å². The van der Waals surface area contributed by atoms with Crippen molar-refractivity contribution >= 4 is 40.8 Å². The molecule has 0 radical (unpaired) electrons. The van der Waals surface area contributed by atoms with Gasteiger partial charge in [-0.1, -0.05) is 77.6 Å². The van der Waals surface area contributed by atoms with E-state index in [1.165, 1.54) is 22.4 Å². The number of hydrogen-bond acceptors (Lipinski definition) is 3. The summed E-state index contributed by atoms with van der Waals surface area (Å²) in [5.41, 5.74) is 5.11. The normalized spacial score (nSPS) is 17.5. The number of hydrogen-bond donors (Lipinski definition) is 0. The summed E-state index contributed by atoms with van der Waals surface area (Å²) in [6.07, 6.45) is 0. The minimum atomic E-state index is 0.268. The average molecular weight is 443 g/mol. The number of piperazine rings is 1. The molecular weight excluding hydrogens is 419 g/mol. The second-order valence-corrected chi connectivity index (χ2v) is 9.27. The van der Waals surface area contributed by atoms with Crippen molar-refractivity contribution in [1.29, 1.82) is 0 Å². The topological polar surface area (TPSA) is 6.48 Å². The first kappa shape index (κ1) is 20.6. The van der Waals surface area contributed by atoms with Crippen molar-refractivity contribution in [3.8, 4) is 0 Å². The molecule has 0 aromatic heterocycles. The molecule has 0 aliphatic carbocycles. The molecule has 3 aromatic rings. The average Bonchev–Trinajstić information content (AvgIpc) is 2.74. The molecule has 0 saturated carbocycles. The molecule has 1 aliphatic heterocycles. The fourth-order valence-corrected chi connectivity index (χ4v) is 5.15. The molecule has 1 aliphatic rings. The fraction of sp³-hybridized carbons (Fsp3) is 0.250. The van der Waals surface area contributed by atoms with Gasteiger partial charge in [0, 0.05) is 41.1 Å². The quantitative estimate of drug-likeness (QED) is 0.392. The Balaban J connectivity index is 1.56. The molecule has 1 fully saturated rings. The molecule has 0 spiro atoms. The molecule has 5 heteroatoms. The van der Waals surface area contributed by atoms with E-state index in [-0.39, 0.29) is 6.04 Å². The summed E-state index contributed by atoms with van der Waals surface area (Å²) in [4.78, 5) is 2.51. The fourth-order valence-electron chi connectivity index (χ4n) is 3.81. The van der Waals surface area contributed by atoms with Gasteiger partial charge in [0.15, 0.2) is 0 Å². The number of anilines is 1. The van der Waals surface area contributed by atoms with Gasteiger partial charge in [0.1, 0.15) is 0 Å². The van der Waals surface area contributed by atoms with E-state index in [0.717, 1.165) is 35.4 Å². The highest BCUT2D eigenvalue weighted by atomic mass is 35.5. The Morgan fingerprint density at radius 2 is 1.62 bits per heavy atom. The van der Waals surface area contributed by atoms with Crippen LogP contribution in [0.15, 0.2) is 72.8 Å². The van der Waals surface area contributed by atoms with E-state index in [0.29, 0.717) is 0 Å². The van der Waals surface area contributed by atoms with E-state index in [1.54, 1.807) is 0 Å². The molecule has 1 heterocycles. The van der Waals surface area contributed by atoms with Crippen LogP contribution in [0.1, 0.15) is 22.7 Å². The Kier molecular flexibility index (Phi) is 6.71. The minimum absolute atomic E-state index is 0.268. The highest BCUT2D eigenvalue weighted by Gasteiger charge is 2.29. The number of aryl methyl sites for hydroxylation is 1. The third-order valence-corrected chi connectivity index (χ3v) is 6.97. The van der Waals surface area contributed by atoms with Crippen molar-refractivity contribution in [3.63, 3.8) is 0 Å². The summed E-state index contributed by atoms with van der Waals surface area (Å²) in [6, 6.07) is 25.4. The van der Waals surface area contributed by atoms with Crippen LogP contribution in [-0.2, 0) is 5.75 Å². The highest BCUT2D eigenvalue weighted by Crippen LogP contribution is 2.36. The predicted octanol–water partition coefficient (Wildman–Crippen LogP) is 7.01. The Morgan fingerprint density at radius 1 is 0.897 bits per heavy atom. The lowest BCUT2D eigenvalue weighted by molar-refractivity contribution is 0.365. The summed E-state index contributed by atoms with van der Waals surface area (Å²) < 4.78 is 2.49. The number of halogens is 2. The lowest BCUT2D eigenvalue weighted by Crippen LogP contribution is -2.46. The van der Waals surface area contributed by atoms with E-state index in [4.69, 9.17) is 23.2 Å². The van der Waals surface area contributed by atoms with E-state index >= 15 is 0 Å². The molecule has 150 valence electrons. The van der Waals surface area contributed by atoms with E-state index in [2.05, 4.69) is 64.7 Å². The van der Waals surface area contributed by atoms with Crippen LogP contribution in [-0.4, -0.2) is 23.9 Å². The van der Waals surface area contributed by atoms with E-state index < -0.39 is 0 Å². The minimum Gasteiger partial charge on any atom is -0.362 e. The number of nitrogens with zero attached hydrogens (tertiary/aromatic N) is 2. The van der Waals surface area contributed by atoms with Crippen LogP contribution in [0.2, 0.25) is 10.0 Å². The maximum atomic E-state index is 6.20. The van der Waals surface area contributed by atoms with Crippen LogP contribution in [0.25, 0.3) is 0 Å². The lowest BCUT2D eigenvalue weighted by Gasteiger charge is -2.43. The third kappa shape index (κ3) is 5.10. The zero-order valence-corrected chi connectivity index (χ0v) is 18.7. The van der Waals surface area contributed by atoms with Crippen molar-refractivity contribution in [2.75, 3.05) is 24.5 Å². The first-order chi connectivity index (χ1) is 14.1. The van der Waals surface area contributed by atoms with Crippen LogP contribution >= 0.6 is 35.1 Å². The molecule has 0 amide bonds. The Bertz CT molecular complexity index is 947. The lowest BCUT2D eigenvalue weighted by atomic mass is 10.0. The van der Waals surface area contributed by atoms with Crippen molar-refractivity contribution in [2.24, 2.45) is 0 Å². The van der Waals surface area contributed by atoms with Gasteiger partial charge in [0.05, 0.1) is 6.04 Å². The SMILES string of the molecule is Cc1cc(Cl)ccc1N1CCN(SCc2ccccc2)CC1c1ccc(Cl)cc1. The smallest absolute Gasteiger partial charge is 0.0679 e. The number of rotatable bonds is 5. The summed E-state index contributed by atoms with van der Waals surface area (Å²) in [6.45, 7) is 5.08. The van der Waals surface area contributed by atoms with Gasteiger partial charge in [-0.25, -0.2) is 4.31 Å². The van der Waals surface area contributed by atoms with Crippen molar-refractivity contribution in [2.45, 2.75) is 18.7 Å². The van der Waals surface area contributed by atoms with E-state index in [1.807, 2.05) is 36.2 Å². The molecular formula is C24H24Cl2N2S. The Labute approximate surface area is 187 Å². The molecule has 1 saturated heterocycles. The van der Waals surface area contributed by atoms with Gasteiger partial charge in [-0.05, 0) is 53.9 Å². The molecule has 1 unspecified atom stereocenters. The molecule has 29 heavy (non-hydrogen) atoms. The second kappa shape index (κ2) is 9.44. The van der Waals surface area contributed by atoms with Gasteiger partial charge < -0.3 is 4.90 Å². The van der Waals surface area contributed by atoms with Crippen LogP contribution in [0, 0.1) is 6.92 Å². The van der Waals surface area contributed by atoms with Crippen molar-refractivity contribution < 1.29 is 0 Å². The largest absolute Gasteiger partial charge is 0.362 e. The summed E-state index contributed by atoms with van der Waals surface area (Å²) in [5.74, 6) is 0.994. The first-order valence-corrected chi connectivity index (χ1v) is 11.5. The van der Waals surface area contributed by atoms with Crippen molar-refractivity contribution in [1.82, 2.24) is 4.31 Å². The third-order valence-electron chi connectivity index (χ3n) is 5.32. The van der Waals surface area contributed by atoms with Gasteiger partial charge in [0.2, 0.25) is 0 Å². The van der Waals surface area contributed by atoms with Gasteiger partial charge >= 0.3 is 0 Å². The van der Waals surface area contributed by atoms with Crippen LogP contribution in [0.5, 0.6) is 0 Å². The monoisotopic (exact) mass is 442 g/mol. The maximum absolute atomic E-state index is 6.20. The molecule has 0 N–H and O–H groups in total. The van der Waals surface area contributed by atoms with Crippen molar-refractivity contribution in [3.05, 3.63) is 99.5 Å². The summed E-state index contributed by atoms with van der Waals surface area (Å²) >= 11 is 14.3. The van der Waals surface area contributed by atoms with Gasteiger partial charge in [-0.15, -0.1) is 0 Å². The molecule has 2 nitrogen and oxygen atoms in total. The molecule has 4 rings (SSSR count). The van der Waals surface area contributed by atoms with Gasteiger partial charge in [-0.2, -0.15) is 0 Å². The summed E-state index contributed by atoms with van der Waals surface area (Å²) in [5, 5.41) is 1.56. The van der Waals surface area contributed by atoms with Gasteiger partial charge in [0.25, 0.3) is 0 Å². The molecule has 0 bridgehead atoms. The van der Waals surface area contributed by atoms with Crippen LogP contribution in [0.3, 0.4) is 0 Å². The summed E-state index contributed by atoms with van der Waals surface area (Å²) in [7, 11) is 0. The standard InChI is InChI=1S/C24H24Cl2N2S/c1-18-15-22(26)11-12-23(18)28-14-13-27(29-17-19-5-3-2-4-6-19)16-24(28)20-7-9-21(25)10-8-20/h2-12,15,24H,13-14,16-17H2,1H3. The predicted molar refractivity (Wildman–Crippen MR) is 127 cm³/mol. The van der Waals surface area contributed by atoms with Crippen LogP contribution < -0.4 is 4.90 Å². The maximum Gasteiger partial charge on any atom is 0.0679 e. The zero-order chi connectivity index (χ0) is 20.2. The Hall–Kier alpha value is -1.65. The highest BCUT2D eigenvalue weighted by molar-refractivity contribution is 7.96. The molecule has 3 aromatic carbocycles. The second-order valence-electron chi connectivity index (χ2n) is 7.34. The zero-order valence-electron chi connectivity index (χ0n) is 16.4. The first-order valence-electron chi connectivity index (χ1n) is 9.80.